The first-order valence-corrected chi connectivity index (χ1v) is 9.64. The zero-order valence-corrected chi connectivity index (χ0v) is 18.2. The normalized spacial score (nSPS) is 25.6. The minimum atomic E-state index is -2.69. The lowest BCUT2D eigenvalue weighted by Crippen LogP contribution is -2.52. The number of rotatable bonds is 3. The van der Waals surface area contributed by atoms with Gasteiger partial charge in [-0.25, -0.2) is 13.6 Å². The van der Waals surface area contributed by atoms with E-state index in [1.807, 2.05) is 0 Å². The van der Waals surface area contributed by atoms with E-state index in [1.54, 1.807) is 6.92 Å². The van der Waals surface area contributed by atoms with Gasteiger partial charge in [0, 0.05) is 31.9 Å². The molecule has 7 nitrogen and oxygen atoms in total. The van der Waals surface area contributed by atoms with Gasteiger partial charge in [0.15, 0.2) is 0 Å². The van der Waals surface area contributed by atoms with Gasteiger partial charge >= 0.3 is 6.03 Å². The zero-order chi connectivity index (χ0) is 20.2. The van der Waals surface area contributed by atoms with Crippen molar-refractivity contribution in [2.75, 3.05) is 6.54 Å². The SMILES string of the molecule is CC(C)(C)S.CC1(/C(N)=N/C(=O)NC2CCC(CN)CC2)CC(F)(F)C1.O.O.[HH].[HH]. The molecule has 0 heterocycles. The van der Waals surface area contributed by atoms with Crippen molar-refractivity contribution in [2.45, 2.75) is 82.9 Å². The fourth-order valence-corrected chi connectivity index (χ4v) is 3.26. The van der Waals surface area contributed by atoms with Gasteiger partial charge in [0.05, 0.1) is 0 Å². The van der Waals surface area contributed by atoms with Crippen molar-refractivity contribution in [1.82, 2.24) is 5.32 Å². The van der Waals surface area contributed by atoms with E-state index in [0.717, 1.165) is 25.7 Å². The Morgan fingerprint density at radius 2 is 1.64 bits per heavy atom. The second-order valence-electron chi connectivity index (χ2n) is 8.84. The van der Waals surface area contributed by atoms with Crippen molar-refractivity contribution >= 4 is 24.5 Å². The number of carbonyl (C=O) groups excluding carboxylic acids is 1. The number of halogens is 2. The number of amidine groups is 1. The summed E-state index contributed by atoms with van der Waals surface area (Å²) >= 11 is 4.12. The van der Waals surface area contributed by atoms with Crippen LogP contribution in [0.15, 0.2) is 4.99 Å². The van der Waals surface area contributed by atoms with Gasteiger partial charge in [-0.05, 0) is 38.1 Å². The highest BCUT2D eigenvalue weighted by molar-refractivity contribution is 7.81. The molecule has 2 aliphatic rings. The molecule has 0 aromatic carbocycles. The number of carbonyl (C=O) groups is 1. The molecule has 0 unspecified atom stereocenters. The number of alkyl halides is 2. The molecule has 2 saturated carbocycles. The standard InChI is InChI=1S/C14H24F2N4O.C4H10S.2H2O.2H2/c1-13(7-14(15,16)8-13)11(18)20-12(21)19-10-4-2-9(6-17)3-5-10;1-4(2,3)5;;;;/h9-10H,2-8,17H2,1H3,(H3,18,19,20,21);5H,1-3H3;2*1H2;2*1H. The second kappa shape index (κ2) is 11.3. The second-order valence-corrected chi connectivity index (χ2v) is 10.2. The number of urea groups is 1. The quantitative estimate of drug-likeness (QED) is 0.307. The van der Waals surface area contributed by atoms with E-state index >= 15 is 0 Å². The van der Waals surface area contributed by atoms with Crippen LogP contribution in [-0.4, -0.2) is 46.1 Å². The Hall–Kier alpha value is -0.970. The Balaban J connectivity index is -0.000000339. The van der Waals surface area contributed by atoms with Gasteiger partial charge in [-0.1, -0.05) is 27.7 Å². The van der Waals surface area contributed by atoms with Crippen LogP contribution in [0, 0.1) is 11.3 Å². The average Bonchev–Trinajstić information content (AvgIpc) is 2.44. The molecular formula is C18H42F2N4O3S. The first kappa shape index (κ1) is 29.2. The molecule has 0 spiro atoms. The van der Waals surface area contributed by atoms with Gasteiger partial charge in [0.25, 0.3) is 0 Å². The number of nitrogens with one attached hydrogen (secondary N) is 1. The summed E-state index contributed by atoms with van der Waals surface area (Å²) in [5.41, 5.74) is 10.5. The molecule has 0 radical (unpaired) electrons. The highest BCUT2D eigenvalue weighted by Gasteiger charge is 2.56. The van der Waals surface area contributed by atoms with Gasteiger partial charge in [-0.15, -0.1) is 0 Å². The summed E-state index contributed by atoms with van der Waals surface area (Å²) in [6, 6.07) is -0.451. The summed E-state index contributed by atoms with van der Waals surface area (Å²) in [6.45, 7) is 8.45. The van der Waals surface area contributed by atoms with Crippen LogP contribution in [0.2, 0.25) is 0 Å². The number of amides is 2. The number of nitrogens with zero attached hydrogens (tertiary/aromatic N) is 1. The van der Waals surface area contributed by atoms with Gasteiger partial charge in [-0.3, -0.25) is 0 Å². The van der Waals surface area contributed by atoms with Crippen molar-refractivity contribution in [2.24, 2.45) is 27.8 Å². The van der Waals surface area contributed by atoms with Crippen LogP contribution in [-0.2, 0) is 0 Å². The molecule has 172 valence electrons. The minimum absolute atomic E-state index is 0. The van der Waals surface area contributed by atoms with E-state index in [0.29, 0.717) is 12.5 Å². The van der Waals surface area contributed by atoms with Crippen molar-refractivity contribution < 1.29 is 27.4 Å². The van der Waals surface area contributed by atoms with Crippen molar-refractivity contribution in [3.05, 3.63) is 0 Å². The Kier molecular flexibility index (Phi) is 11.8. The molecule has 0 aromatic heterocycles. The van der Waals surface area contributed by atoms with Crippen LogP contribution in [0.3, 0.4) is 0 Å². The van der Waals surface area contributed by atoms with Crippen molar-refractivity contribution in [3.8, 4) is 0 Å². The van der Waals surface area contributed by atoms with Crippen LogP contribution >= 0.6 is 12.6 Å². The summed E-state index contributed by atoms with van der Waals surface area (Å²) < 4.78 is 26.1. The number of hydrogen-bond acceptors (Lipinski definition) is 3. The largest absolute Gasteiger partial charge is 0.412 e. The average molecular weight is 433 g/mol. The molecule has 9 N–H and O–H groups in total. The summed E-state index contributed by atoms with van der Waals surface area (Å²) in [7, 11) is 0. The zero-order valence-electron chi connectivity index (χ0n) is 17.3. The maximum absolute atomic E-state index is 13.0. The van der Waals surface area contributed by atoms with Gasteiger partial charge in [0.1, 0.15) is 5.84 Å². The molecule has 2 aliphatic carbocycles. The first-order valence-electron chi connectivity index (χ1n) is 9.19. The Morgan fingerprint density at radius 3 is 2.00 bits per heavy atom. The third-order valence-corrected chi connectivity index (χ3v) is 4.65. The first-order chi connectivity index (χ1) is 11.7. The molecular weight excluding hydrogens is 390 g/mol. The predicted octanol–water partition coefficient (Wildman–Crippen LogP) is 2.56. The van der Waals surface area contributed by atoms with Crippen LogP contribution in [0.1, 0.15) is 69.1 Å². The van der Waals surface area contributed by atoms with Crippen molar-refractivity contribution in [3.63, 3.8) is 0 Å². The topological polar surface area (TPSA) is 156 Å². The molecule has 28 heavy (non-hydrogen) atoms. The van der Waals surface area contributed by atoms with E-state index in [1.165, 1.54) is 0 Å². The Labute approximate surface area is 175 Å². The smallest absolute Gasteiger partial charge is 0.342 e. The minimum Gasteiger partial charge on any atom is -0.412 e. The summed E-state index contributed by atoms with van der Waals surface area (Å²) in [4.78, 5) is 15.6. The maximum Gasteiger partial charge on any atom is 0.342 e. The third-order valence-electron chi connectivity index (χ3n) is 4.65. The number of nitrogens with two attached hydrogens (primary N) is 2. The van der Waals surface area contributed by atoms with E-state index in [4.69, 9.17) is 11.5 Å². The molecule has 0 aliphatic heterocycles. The van der Waals surface area contributed by atoms with E-state index < -0.39 is 17.4 Å². The summed E-state index contributed by atoms with van der Waals surface area (Å²) in [6.07, 6.45) is 3.04. The summed E-state index contributed by atoms with van der Waals surface area (Å²) in [5, 5.41) is 2.80. The monoisotopic (exact) mass is 432 g/mol. The predicted molar refractivity (Wildman–Crippen MR) is 117 cm³/mol. The fourth-order valence-electron chi connectivity index (χ4n) is 3.26. The number of thiol groups is 1. The van der Waals surface area contributed by atoms with Gasteiger partial charge in [-0.2, -0.15) is 17.6 Å². The molecule has 2 amide bonds. The van der Waals surface area contributed by atoms with Crippen LogP contribution in [0.25, 0.3) is 0 Å². The van der Waals surface area contributed by atoms with Gasteiger partial charge < -0.3 is 27.7 Å². The molecule has 2 rings (SSSR count). The van der Waals surface area contributed by atoms with Crippen LogP contribution in [0.4, 0.5) is 13.6 Å². The van der Waals surface area contributed by atoms with Crippen molar-refractivity contribution in [1.29, 1.82) is 0 Å². The molecule has 0 saturated heterocycles. The maximum atomic E-state index is 13.0. The fraction of sp³-hybridized carbons (Fsp3) is 0.889. The highest BCUT2D eigenvalue weighted by atomic mass is 32.1. The molecule has 0 bridgehead atoms. The Morgan fingerprint density at radius 1 is 1.21 bits per heavy atom. The van der Waals surface area contributed by atoms with E-state index in [2.05, 4.69) is 43.7 Å². The molecule has 0 atom stereocenters. The van der Waals surface area contributed by atoms with E-state index in [9.17, 15) is 13.6 Å². The van der Waals surface area contributed by atoms with Gasteiger partial charge in [0.2, 0.25) is 5.92 Å². The van der Waals surface area contributed by atoms with Crippen LogP contribution in [0.5, 0.6) is 0 Å². The number of hydrogen-bond donors (Lipinski definition) is 4. The number of aliphatic imine (C=N–C) groups is 1. The molecule has 10 heteroatoms. The lowest BCUT2D eigenvalue weighted by Gasteiger charge is -2.44. The van der Waals surface area contributed by atoms with E-state index in [-0.39, 0.29) is 43.3 Å². The third kappa shape index (κ3) is 10.5. The lowest BCUT2D eigenvalue weighted by atomic mass is 9.66. The lowest BCUT2D eigenvalue weighted by molar-refractivity contribution is -0.127. The summed E-state index contributed by atoms with van der Waals surface area (Å²) in [5.74, 6) is -2.16. The highest BCUT2D eigenvalue weighted by Crippen LogP contribution is 2.51. The molecule has 2 fully saturated rings. The van der Waals surface area contributed by atoms with Crippen LogP contribution < -0.4 is 16.8 Å². The molecule has 0 aromatic rings. The Bertz CT molecular complexity index is 516.